The van der Waals surface area contributed by atoms with Crippen LogP contribution in [0.2, 0.25) is 0 Å². The first kappa shape index (κ1) is 16.3. The van der Waals surface area contributed by atoms with Crippen LogP contribution < -0.4 is 4.72 Å². The molecule has 4 aromatic rings. The van der Waals surface area contributed by atoms with Crippen LogP contribution in [-0.4, -0.2) is 19.2 Å². The molecule has 130 valence electrons. The van der Waals surface area contributed by atoms with E-state index in [0.717, 1.165) is 12.1 Å². The molecule has 1 unspecified atom stereocenters. The average Bonchev–Trinajstić information content (AvgIpc) is 3.08. The Bertz CT molecular complexity index is 1110. The maximum absolute atomic E-state index is 13.7. The molecule has 0 saturated carbocycles. The Kier molecular flexibility index (Phi) is 4.18. The smallest absolute Gasteiger partial charge is 0.157 e. The third kappa shape index (κ3) is 3.18. The largest absolute Gasteiger partial charge is 0.337 e. The summed E-state index contributed by atoms with van der Waals surface area (Å²) in [4.78, 5) is 12.2. The first-order chi connectivity index (χ1) is 12.6. The number of nitrogens with zero attached hydrogens (tertiary/aromatic N) is 2. The number of fused-ring (bicyclic) bond motifs is 1. The highest BCUT2D eigenvalue weighted by molar-refractivity contribution is 7.86. The molecule has 2 N–H and O–H groups in total. The molecule has 0 amide bonds. The third-order valence-electron chi connectivity index (χ3n) is 3.71. The molecule has 2 aromatic carbocycles. The standard InChI is InChI=1S/C18H12F2N4OS/c19-11-4-6-14(13(20)9-11)24-26(25)12-5-7-15-17(10-12)23-18(22-15)16-3-1-2-8-21-16/h1-10,24H,(H,22,23). The number of H-pyrrole nitrogens is 1. The molecule has 0 saturated heterocycles. The number of hydrogen-bond donors (Lipinski definition) is 2. The fourth-order valence-corrected chi connectivity index (χ4v) is 3.36. The van der Waals surface area contributed by atoms with Gasteiger partial charge in [0.25, 0.3) is 0 Å². The summed E-state index contributed by atoms with van der Waals surface area (Å²) in [5.41, 5.74) is 2.03. The van der Waals surface area contributed by atoms with Crippen LogP contribution in [0.3, 0.4) is 0 Å². The number of aromatic nitrogens is 3. The van der Waals surface area contributed by atoms with Crippen molar-refractivity contribution in [2.75, 3.05) is 4.72 Å². The van der Waals surface area contributed by atoms with E-state index < -0.39 is 22.6 Å². The van der Waals surface area contributed by atoms with Crippen molar-refractivity contribution in [3.8, 4) is 11.5 Å². The summed E-state index contributed by atoms with van der Waals surface area (Å²) in [6, 6.07) is 13.6. The van der Waals surface area contributed by atoms with Gasteiger partial charge in [-0.05, 0) is 42.5 Å². The summed E-state index contributed by atoms with van der Waals surface area (Å²) in [6.07, 6.45) is 1.67. The van der Waals surface area contributed by atoms with Crippen LogP contribution in [0.5, 0.6) is 0 Å². The molecule has 4 rings (SSSR count). The zero-order chi connectivity index (χ0) is 18.1. The van der Waals surface area contributed by atoms with Crippen molar-refractivity contribution in [3.63, 3.8) is 0 Å². The van der Waals surface area contributed by atoms with Gasteiger partial charge in [-0.15, -0.1) is 0 Å². The van der Waals surface area contributed by atoms with E-state index in [1.54, 1.807) is 24.4 Å². The van der Waals surface area contributed by atoms with Crippen molar-refractivity contribution < 1.29 is 13.0 Å². The van der Waals surface area contributed by atoms with Crippen molar-refractivity contribution >= 4 is 27.7 Å². The van der Waals surface area contributed by atoms with Crippen LogP contribution in [0.4, 0.5) is 14.5 Å². The van der Waals surface area contributed by atoms with Gasteiger partial charge in [0.05, 0.1) is 21.6 Å². The highest BCUT2D eigenvalue weighted by Crippen LogP contribution is 2.22. The Hall–Kier alpha value is -3.13. The second-order valence-corrected chi connectivity index (χ2v) is 6.69. The average molecular weight is 370 g/mol. The number of anilines is 1. The van der Waals surface area contributed by atoms with E-state index in [1.165, 1.54) is 6.07 Å². The normalized spacial score (nSPS) is 12.2. The van der Waals surface area contributed by atoms with Gasteiger partial charge in [-0.2, -0.15) is 0 Å². The van der Waals surface area contributed by atoms with Crippen molar-refractivity contribution in [2.45, 2.75) is 4.90 Å². The lowest BCUT2D eigenvalue weighted by molar-refractivity contribution is 0.586. The van der Waals surface area contributed by atoms with Gasteiger partial charge in [-0.1, -0.05) is 6.07 Å². The predicted molar refractivity (Wildman–Crippen MR) is 95.7 cm³/mol. The molecule has 0 radical (unpaired) electrons. The van der Waals surface area contributed by atoms with Crippen molar-refractivity contribution in [1.82, 2.24) is 15.0 Å². The summed E-state index contributed by atoms with van der Waals surface area (Å²) < 4.78 is 41.7. The van der Waals surface area contributed by atoms with Crippen molar-refractivity contribution in [2.24, 2.45) is 0 Å². The highest BCUT2D eigenvalue weighted by Gasteiger charge is 2.12. The van der Waals surface area contributed by atoms with Gasteiger partial charge in [0, 0.05) is 12.3 Å². The number of halogens is 2. The zero-order valence-corrected chi connectivity index (χ0v) is 14.1. The number of rotatable bonds is 4. The number of aromatic amines is 1. The minimum absolute atomic E-state index is 0.0383. The Balaban J connectivity index is 1.63. The van der Waals surface area contributed by atoms with Crippen LogP contribution in [0.25, 0.3) is 22.6 Å². The maximum Gasteiger partial charge on any atom is 0.157 e. The van der Waals surface area contributed by atoms with E-state index in [1.807, 2.05) is 18.2 Å². The zero-order valence-electron chi connectivity index (χ0n) is 13.2. The molecule has 8 heteroatoms. The molecular formula is C18H12F2N4OS. The third-order valence-corrected chi connectivity index (χ3v) is 4.80. The first-order valence-corrected chi connectivity index (χ1v) is 8.80. The van der Waals surface area contributed by atoms with E-state index in [9.17, 15) is 13.0 Å². The van der Waals surface area contributed by atoms with Crippen molar-refractivity contribution in [3.05, 3.63) is 72.4 Å². The minimum Gasteiger partial charge on any atom is -0.337 e. The molecule has 0 spiro atoms. The summed E-state index contributed by atoms with van der Waals surface area (Å²) in [5, 5.41) is 0. The number of nitrogens with one attached hydrogen (secondary N) is 2. The van der Waals surface area contributed by atoms with Crippen LogP contribution in [0.1, 0.15) is 0 Å². The van der Waals surface area contributed by atoms with Gasteiger partial charge in [-0.25, -0.2) is 18.0 Å². The topological polar surface area (TPSA) is 70.7 Å². The van der Waals surface area contributed by atoms with Gasteiger partial charge >= 0.3 is 0 Å². The number of benzene rings is 2. The molecule has 1 atom stereocenters. The Morgan fingerprint density at radius 3 is 2.69 bits per heavy atom. The second kappa shape index (κ2) is 6.64. The summed E-state index contributed by atoms with van der Waals surface area (Å²) in [5.74, 6) is -0.903. The molecule has 0 aliphatic heterocycles. The van der Waals surface area contributed by atoms with Gasteiger partial charge in [0.1, 0.15) is 28.3 Å². The van der Waals surface area contributed by atoms with Gasteiger partial charge in [0.15, 0.2) is 5.82 Å². The number of imidazole rings is 1. The summed E-state index contributed by atoms with van der Waals surface area (Å²) in [6.45, 7) is 0. The monoisotopic (exact) mass is 370 g/mol. The van der Waals surface area contributed by atoms with Gasteiger partial charge < -0.3 is 4.98 Å². The molecule has 0 aliphatic rings. The Labute approximate surface area is 149 Å². The molecule has 0 aliphatic carbocycles. The summed E-state index contributed by atoms with van der Waals surface area (Å²) in [7, 11) is -1.72. The molecule has 26 heavy (non-hydrogen) atoms. The molecule has 5 nitrogen and oxygen atoms in total. The fraction of sp³-hybridized carbons (Fsp3) is 0. The van der Waals surface area contributed by atoms with E-state index in [4.69, 9.17) is 0 Å². The fourth-order valence-electron chi connectivity index (χ4n) is 2.46. The highest BCUT2D eigenvalue weighted by atomic mass is 32.2. The second-order valence-electron chi connectivity index (χ2n) is 5.47. The minimum atomic E-state index is -1.72. The quantitative estimate of drug-likeness (QED) is 0.570. The SMILES string of the molecule is O=S(Nc1ccc(F)cc1F)c1ccc2nc(-c3ccccn3)[nH]c2c1. The lowest BCUT2D eigenvalue weighted by atomic mass is 10.3. The molecule has 2 heterocycles. The van der Waals surface area contributed by atoms with E-state index in [2.05, 4.69) is 19.7 Å². The van der Waals surface area contributed by atoms with E-state index in [0.29, 0.717) is 27.4 Å². The van der Waals surface area contributed by atoms with Crippen molar-refractivity contribution in [1.29, 1.82) is 0 Å². The number of hydrogen-bond acceptors (Lipinski definition) is 3. The van der Waals surface area contributed by atoms with Gasteiger partial charge in [0.2, 0.25) is 0 Å². The predicted octanol–water partition coefficient (Wildman–Crippen LogP) is 4.04. The molecular weight excluding hydrogens is 358 g/mol. The molecule has 2 aromatic heterocycles. The van der Waals surface area contributed by atoms with Crippen LogP contribution in [0, 0.1) is 11.6 Å². The first-order valence-electron chi connectivity index (χ1n) is 7.65. The molecule has 0 bridgehead atoms. The van der Waals surface area contributed by atoms with E-state index in [-0.39, 0.29) is 5.69 Å². The van der Waals surface area contributed by atoms with Crippen LogP contribution >= 0.6 is 0 Å². The molecule has 0 fully saturated rings. The van der Waals surface area contributed by atoms with E-state index >= 15 is 0 Å². The van der Waals surface area contributed by atoms with Crippen LogP contribution in [-0.2, 0) is 11.0 Å². The van der Waals surface area contributed by atoms with Gasteiger partial charge in [-0.3, -0.25) is 9.71 Å². The van der Waals surface area contributed by atoms with Crippen LogP contribution in [0.15, 0.2) is 65.7 Å². The summed E-state index contributed by atoms with van der Waals surface area (Å²) >= 11 is 0. The lowest BCUT2D eigenvalue weighted by Gasteiger charge is -2.07. The lowest BCUT2D eigenvalue weighted by Crippen LogP contribution is -2.06. The number of pyridine rings is 1. The Morgan fingerprint density at radius 1 is 1.04 bits per heavy atom. The Morgan fingerprint density at radius 2 is 1.92 bits per heavy atom. The maximum atomic E-state index is 13.7.